The monoisotopic (exact) mass is 197 g/mol. The average Bonchev–Trinajstić information content (AvgIpc) is 2.30. The molecule has 1 N–H and O–H groups in total. The largest absolute Gasteiger partial charge is 0.325 e. The van der Waals surface area contributed by atoms with Crippen LogP contribution in [0.4, 0.5) is 0 Å². The van der Waals surface area contributed by atoms with Gasteiger partial charge in [-0.1, -0.05) is 30.4 Å². The summed E-state index contributed by atoms with van der Waals surface area (Å²) in [6.07, 6.45) is 7.10. The number of benzene rings is 1. The molecule has 0 aromatic heterocycles. The van der Waals surface area contributed by atoms with Gasteiger partial charge in [0.1, 0.15) is 0 Å². The van der Waals surface area contributed by atoms with Crippen LogP contribution in [0.3, 0.4) is 0 Å². The smallest absolute Gasteiger partial charge is 0.255 e. The van der Waals surface area contributed by atoms with Crippen molar-refractivity contribution in [1.82, 2.24) is 5.32 Å². The third-order valence-corrected chi connectivity index (χ3v) is 3.00. The van der Waals surface area contributed by atoms with Crippen molar-refractivity contribution < 1.29 is 4.79 Å². The number of carbonyl (C=O) groups is 1. The lowest BCUT2D eigenvalue weighted by Gasteiger charge is -2.29. The van der Waals surface area contributed by atoms with Crippen LogP contribution in [0.5, 0.6) is 0 Å². The number of rotatable bonds is 0. The van der Waals surface area contributed by atoms with Gasteiger partial charge in [0, 0.05) is 17.2 Å². The number of allylic oxidation sites excluding steroid dienone is 4. The first-order valence-corrected chi connectivity index (χ1v) is 5.13. The molecule has 1 unspecified atom stereocenters. The molecule has 2 nitrogen and oxygen atoms in total. The Balaban J connectivity index is 2.18. The Kier molecular flexibility index (Phi) is 1.75. The van der Waals surface area contributed by atoms with E-state index in [4.69, 9.17) is 0 Å². The van der Waals surface area contributed by atoms with Crippen LogP contribution in [0.25, 0.3) is 0 Å². The summed E-state index contributed by atoms with van der Waals surface area (Å²) in [4.78, 5) is 11.8. The van der Waals surface area contributed by atoms with E-state index < -0.39 is 0 Å². The Morgan fingerprint density at radius 2 is 2.13 bits per heavy atom. The predicted octanol–water partition coefficient (Wildman–Crippen LogP) is 2.36. The molecule has 1 aliphatic carbocycles. The number of carbonyl (C=O) groups excluding carboxylic acids is 1. The van der Waals surface area contributed by atoms with E-state index in [0.29, 0.717) is 5.92 Å². The highest BCUT2D eigenvalue weighted by molar-refractivity contribution is 5.99. The highest BCUT2D eigenvalue weighted by Crippen LogP contribution is 2.35. The first kappa shape index (κ1) is 8.48. The van der Waals surface area contributed by atoms with Crippen molar-refractivity contribution in [3.05, 3.63) is 59.3 Å². The molecule has 15 heavy (non-hydrogen) atoms. The fraction of sp³-hybridized carbons (Fsp3) is 0.154. The highest BCUT2D eigenvalue weighted by atomic mass is 16.1. The Labute approximate surface area is 88.3 Å². The number of amides is 1. The van der Waals surface area contributed by atoms with E-state index in [1.165, 1.54) is 0 Å². The lowest BCUT2D eigenvalue weighted by atomic mass is 9.83. The third kappa shape index (κ3) is 1.22. The maximum Gasteiger partial charge on any atom is 0.255 e. The lowest BCUT2D eigenvalue weighted by molar-refractivity contribution is 0.0955. The predicted molar refractivity (Wildman–Crippen MR) is 58.5 cm³/mol. The number of nitrogens with one attached hydrogen (secondary N) is 1. The average molecular weight is 197 g/mol. The van der Waals surface area contributed by atoms with Gasteiger partial charge in [-0.15, -0.1) is 0 Å². The molecule has 0 bridgehead atoms. The van der Waals surface area contributed by atoms with Gasteiger partial charge in [-0.05, 0) is 24.1 Å². The number of hydrogen-bond acceptors (Lipinski definition) is 1. The van der Waals surface area contributed by atoms with Gasteiger partial charge in [0.05, 0.1) is 0 Å². The van der Waals surface area contributed by atoms with Crippen LogP contribution >= 0.6 is 0 Å². The van der Waals surface area contributed by atoms with Crippen LogP contribution in [-0.2, 0) is 0 Å². The molecule has 74 valence electrons. The molecule has 1 aromatic rings. The van der Waals surface area contributed by atoms with Crippen molar-refractivity contribution in [3.63, 3.8) is 0 Å². The maximum absolute atomic E-state index is 11.8. The van der Waals surface area contributed by atoms with Crippen molar-refractivity contribution in [1.29, 1.82) is 0 Å². The number of fused-ring (bicyclic) bond motifs is 3. The zero-order valence-corrected chi connectivity index (χ0v) is 8.23. The fourth-order valence-corrected chi connectivity index (χ4v) is 2.26. The zero-order chi connectivity index (χ0) is 10.3. The summed E-state index contributed by atoms with van der Waals surface area (Å²) in [7, 11) is 0. The summed E-state index contributed by atoms with van der Waals surface area (Å²) in [6.45, 7) is 0. The minimum Gasteiger partial charge on any atom is -0.325 e. The van der Waals surface area contributed by atoms with Gasteiger partial charge in [0.2, 0.25) is 0 Å². The summed E-state index contributed by atoms with van der Waals surface area (Å²) >= 11 is 0. The third-order valence-electron chi connectivity index (χ3n) is 3.00. The lowest BCUT2D eigenvalue weighted by Crippen LogP contribution is -2.33. The van der Waals surface area contributed by atoms with E-state index in [1.54, 1.807) is 0 Å². The van der Waals surface area contributed by atoms with E-state index in [2.05, 4.69) is 11.4 Å². The van der Waals surface area contributed by atoms with Gasteiger partial charge < -0.3 is 5.32 Å². The Bertz CT molecular complexity index is 485. The van der Waals surface area contributed by atoms with Gasteiger partial charge in [0.25, 0.3) is 5.91 Å². The topological polar surface area (TPSA) is 29.1 Å². The minimum absolute atomic E-state index is 0.0170. The molecule has 0 saturated heterocycles. The quantitative estimate of drug-likeness (QED) is 0.679. The maximum atomic E-state index is 11.8. The van der Waals surface area contributed by atoms with Crippen LogP contribution in [0.15, 0.2) is 48.2 Å². The molecule has 0 saturated carbocycles. The first-order chi connectivity index (χ1) is 7.36. The van der Waals surface area contributed by atoms with E-state index in [1.807, 2.05) is 36.4 Å². The van der Waals surface area contributed by atoms with Crippen molar-refractivity contribution >= 4 is 5.91 Å². The summed E-state index contributed by atoms with van der Waals surface area (Å²) in [6, 6.07) is 7.84. The van der Waals surface area contributed by atoms with E-state index in [-0.39, 0.29) is 5.91 Å². The van der Waals surface area contributed by atoms with Crippen LogP contribution in [0.1, 0.15) is 28.3 Å². The molecule has 1 atom stereocenters. The SMILES string of the molecule is O=C1NC2=CC=CCC2c2ccccc21. The second-order valence-corrected chi connectivity index (χ2v) is 3.88. The van der Waals surface area contributed by atoms with E-state index in [0.717, 1.165) is 23.2 Å². The second kappa shape index (κ2) is 3.09. The van der Waals surface area contributed by atoms with Crippen LogP contribution in [0.2, 0.25) is 0 Å². The van der Waals surface area contributed by atoms with Gasteiger partial charge in [-0.25, -0.2) is 0 Å². The summed E-state index contributed by atoms with van der Waals surface area (Å²) in [5.41, 5.74) is 2.99. The Morgan fingerprint density at radius 1 is 1.27 bits per heavy atom. The van der Waals surface area contributed by atoms with Crippen LogP contribution < -0.4 is 5.32 Å². The van der Waals surface area contributed by atoms with Crippen molar-refractivity contribution in [2.45, 2.75) is 12.3 Å². The normalized spacial score (nSPS) is 22.5. The Morgan fingerprint density at radius 3 is 3.07 bits per heavy atom. The summed E-state index contributed by atoms with van der Waals surface area (Å²) in [5.74, 6) is 0.354. The molecule has 2 heteroatoms. The molecule has 1 amide bonds. The molecule has 0 spiro atoms. The molecule has 0 radical (unpaired) electrons. The molecule has 3 rings (SSSR count). The van der Waals surface area contributed by atoms with E-state index >= 15 is 0 Å². The zero-order valence-electron chi connectivity index (χ0n) is 8.23. The molecular weight excluding hydrogens is 186 g/mol. The highest BCUT2D eigenvalue weighted by Gasteiger charge is 2.28. The molecule has 0 fully saturated rings. The second-order valence-electron chi connectivity index (χ2n) is 3.88. The molecule has 2 aliphatic rings. The van der Waals surface area contributed by atoms with Gasteiger partial charge in [-0.3, -0.25) is 4.79 Å². The van der Waals surface area contributed by atoms with Gasteiger partial charge in [0.15, 0.2) is 0 Å². The molecular formula is C13H11NO. The van der Waals surface area contributed by atoms with Crippen molar-refractivity contribution in [3.8, 4) is 0 Å². The molecule has 1 heterocycles. The van der Waals surface area contributed by atoms with Crippen LogP contribution in [-0.4, -0.2) is 5.91 Å². The van der Waals surface area contributed by atoms with Gasteiger partial charge >= 0.3 is 0 Å². The van der Waals surface area contributed by atoms with Crippen molar-refractivity contribution in [2.24, 2.45) is 0 Å². The summed E-state index contributed by atoms with van der Waals surface area (Å²) < 4.78 is 0. The molecule has 1 aromatic carbocycles. The van der Waals surface area contributed by atoms with E-state index in [9.17, 15) is 4.79 Å². The molecule has 1 aliphatic heterocycles. The minimum atomic E-state index is 0.0170. The van der Waals surface area contributed by atoms with Crippen LogP contribution in [0, 0.1) is 0 Å². The first-order valence-electron chi connectivity index (χ1n) is 5.13. The summed E-state index contributed by atoms with van der Waals surface area (Å²) in [5, 5.41) is 2.95. The Hall–Kier alpha value is -1.83. The van der Waals surface area contributed by atoms with Gasteiger partial charge in [-0.2, -0.15) is 0 Å². The van der Waals surface area contributed by atoms with Crippen molar-refractivity contribution in [2.75, 3.05) is 0 Å². The number of hydrogen-bond donors (Lipinski definition) is 1. The fourth-order valence-electron chi connectivity index (χ4n) is 2.26. The standard InChI is InChI=1S/C13H11NO/c15-13-11-7-2-1-5-9(11)10-6-3-4-8-12(10)14-13/h1-5,7-8,10H,6H2,(H,14,15).